The molecule has 0 aromatic heterocycles. The molecule has 1 atom stereocenters. The van der Waals surface area contributed by atoms with E-state index in [9.17, 15) is 13.2 Å². The third-order valence-corrected chi connectivity index (χ3v) is 0.874. The van der Waals surface area contributed by atoms with E-state index in [0.29, 0.717) is 0 Å². The Morgan fingerprint density at radius 2 is 2.00 bits per heavy atom. The van der Waals surface area contributed by atoms with Crippen molar-refractivity contribution in [3.63, 3.8) is 0 Å². The fourth-order valence-electron chi connectivity index (χ4n) is 0.521. The first-order valence-corrected chi connectivity index (χ1v) is 2.71. The van der Waals surface area contributed by atoms with Gasteiger partial charge in [-0.3, -0.25) is 0 Å². The highest BCUT2D eigenvalue weighted by Crippen LogP contribution is 2.21. The van der Waals surface area contributed by atoms with Crippen LogP contribution in [0.5, 0.6) is 0 Å². The lowest BCUT2D eigenvalue weighted by Crippen LogP contribution is -2.26. The molecule has 2 N–H and O–H groups in total. The first kappa shape index (κ1) is 9.31. The van der Waals surface area contributed by atoms with E-state index in [0.717, 1.165) is 0 Å². The van der Waals surface area contributed by atoms with Gasteiger partial charge in [0.15, 0.2) is 0 Å². The Hall–Kier alpha value is -0.690. The van der Waals surface area contributed by atoms with Gasteiger partial charge in [0.05, 0.1) is 6.42 Å². The molecule has 0 spiro atoms. The van der Waals surface area contributed by atoms with Crippen molar-refractivity contribution < 1.29 is 13.2 Å². The summed E-state index contributed by atoms with van der Waals surface area (Å²) in [5, 5.41) is 0. The highest BCUT2D eigenvalue weighted by molar-refractivity contribution is 4.89. The number of hydrogen-bond acceptors (Lipinski definition) is 1. The zero-order chi connectivity index (χ0) is 8.20. The van der Waals surface area contributed by atoms with Gasteiger partial charge in [-0.25, -0.2) is 0 Å². The average molecular weight is 151 g/mol. The van der Waals surface area contributed by atoms with E-state index in [4.69, 9.17) is 12.2 Å². The Morgan fingerprint density at radius 3 is 2.30 bits per heavy atom. The van der Waals surface area contributed by atoms with Gasteiger partial charge in [0.2, 0.25) is 0 Å². The van der Waals surface area contributed by atoms with Crippen LogP contribution in [-0.4, -0.2) is 12.2 Å². The van der Waals surface area contributed by atoms with Gasteiger partial charge >= 0.3 is 6.18 Å². The number of nitrogens with two attached hydrogens (primary N) is 1. The molecule has 0 aromatic rings. The summed E-state index contributed by atoms with van der Waals surface area (Å²) in [6.45, 7) is 0. The standard InChI is InChI=1S/C6H8F3N/c1-2-3-5(10)4-6(7,8)9/h1,5H,3-4,10H2. The van der Waals surface area contributed by atoms with Crippen molar-refractivity contribution in [2.75, 3.05) is 0 Å². The lowest BCUT2D eigenvalue weighted by molar-refractivity contribution is -0.137. The Labute approximate surface area is 57.4 Å². The second kappa shape index (κ2) is 3.47. The van der Waals surface area contributed by atoms with Gasteiger partial charge in [-0.05, 0) is 0 Å². The van der Waals surface area contributed by atoms with Crippen LogP contribution in [-0.2, 0) is 0 Å². The second-order valence-electron chi connectivity index (χ2n) is 1.99. The topological polar surface area (TPSA) is 26.0 Å². The number of alkyl halides is 3. The SMILES string of the molecule is C#CCC(N)CC(F)(F)F. The van der Waals surface area contributed by atoms with Gasteiger partial charge in [-0.15, -0.1) is 12.3 Å². The monoisotopic (exact) mass is 151 g/mol. The number of hydrogen-bond donors (Lipinski definition) is 1. The summed E-state index contributed by atoms with van der Waals surface area (Å²) in [5.74, 6) is 2.07. The molecule has 0 amide bonds. The minimum absolute atomic E-state index is 0.0283. The molecule has 0 rings (SSSR count). The molecule has 0 aliphatic rings. The van der Waals surface area contributed by atoms with Crippen LogP contribution in [0.1, 0.15) is 12.8 Å². The Balaban J connectivity index is 3.60. The van der Waals surface area contributed by atoms with Crippen LogP contribution in [0.3, 0.4) is 0 Å². The molecule has 0 aliphatic heterocycles. The second-order valence-corrected chi connectivity index (χ2v) is 1.99. The van der Waals surface area contributed by atoms with Crippen molar-refractivity contribution in [3.05, 3.63) is 0 Å². The number of terminal acetylenes is 1. The molecule has 0 radical (unpaired) electrons. The highest BCUT2D eigenvalue weighted by Gasteiger charge is 2.29. The lowest BCUT2D eigenvalue weighted by Gasteiger charge is -2.10. The molecule has 4 heteroatoms. The van der Waals surface area contributed by atoms with Crippen LogP contribution >= 0.6 is 0 Å². The zero-order valence-corrected chi connectivity index (χ0v) is 5.28. The molecule has 58 valence electrons. The van der Waals surface area contributed by atoms with Gasteiger partial charge in [0.25, 0.3) is 0 Å². The molecule has 0 fully saturated rings. The third kappa shape index (κ3) is 5.45. The van der Waals surface area contributed by atoms with Crippen LogP contribution < -0.4 is 5.73 Å². The van der Waals surface area contributed by atoms with Crippen molar-refractivity contribution >= 4 is 0 Å². The van der Waals surface area contributed by atoms with Crippen LogP contribution in [0.2, 0.25) is 0 Å². The molecule has 0 aliphatic carbocycles. The number of rotatable bonds is 2. The minimum Gasteiger partial charge on any atom is -0.327 e. The van der Waals surface area contributed by atoms with Crippen molar-refractivity contribution in [3.8, 4) is 12.3 Å². The van der Waals surface area contributed by atoms with Crippen LogP contribution in [0.15, 0.2) is 0 Å². The molecule has 10 heavy (non-hydrogen) atoms. The maximum absolute atomic E-state index is 11.5. The van der Waals surface area contributed by atoms with Crippen molar-refractivity contribution in [2.24, 2.45) is 5.73 Å². The maximum atomic E-state index is 11.5. The largest absolute Gasteiger partial charge is 0.390 e. The molecule has 0 aromatic carbocycles. The van der Waals surface area contributed by atoms with E-state index in [1.165, 1.54) is 0 Å². The summed E-state index contributed by atoms with van der Waals surface area (Å²) < 4.78 is 34.4. The van der Waals surface area contributed by atoms with Crippen LogP contribution in [0.25, 0.3) is 0 Å². The fourth-order valence-corrected chi connectivity index (χ4v) is 0.521. The van der Waals surface area contributed by atoms with Gasteiger partial charge < -0.3 is 5.73 Å². The summed E-state index contributed by atoms with van der Waals surface area (Å²) in [6.07, 6.45) is -0.478. The average Bonchev–Trinajstić information content (AvgIpc) is 1.59. The van der Waals surface area contributed by atoms with Gasteiger partial charge in [-0.2, -0.15) is 13.2 Å². The van der Waals surface area contributed by atoms with Crippen molar-refractivity contribution in [2.45, 2.75) is 25.1 Å². The van der Waals surface area contributed by atoms with Gasteiger partial charge in [-0.1, -0.05) is 0 Å². The fraction of sp³-hybridized carbons (Fsp3) is 0.667. The van der Waals surface area contributed by atoms with E-state index < -0.39 is 18.6 Å². The minimum atomic E-state index is -4.20. The first-order chi connectivity index (χ1) is 4.45. The summed E-state index contributed by atoms with van der Waals surface area (Å²) >= 11 is 0. The quantitative estimate of drug-likeness (QED) is 0.591. The highest BCUT2D eigenvalue weighted by atomic mass is 19.4. The van der Waals surface area contributed by atoms with Crippen LogP contribution in [0.4, 0.5) is 13.2 Å². The van der Waals surface area contributed by atoms with E-state index in [1.807, 2.05) is 0 Å². The number of halogens is 3. The molecule has 0 bridgehead atoms. The normalized spacial score (nSPS) is 14.3. The Morgan fingerprint density at radius 1 is 1.50 bits per heavy atom. The summed E-state index contributed by atoms with van der Waals surface area (Å²) in [6, 6.07) is -0.954. The summed E-state index contributed by atoms with van der Waals surface area (Å²) in [7, 11) is 0. The molecule has 1 unspecified atom stereocenters. The smallest absolute Gasteiger partial charge is 0.327 e. The molecule has 0 saturated carbocycles. The van der Waals surface area contributed by atoms with Crippen molar-refractivity contribution in [1.82, 2.24) is 0 Å². The Kier molecular flexibility index (Phi) is 3.23. The van der Waals surface area contributed by atoms with Gasteiger partial charge in [0.1, 0.15) is 0 Å². The third-order valence-electron chi connectivity index (χ3n) is 0.874. The predicted octanol–water partition coefficient (Wildman–Crippen LogP) is 1.29. The molecular weight excluding hydrogens is 143 g/mol. The molecule has 1 nitrogen and oxygen atoms in total. The molecule has 0 saturated heterocycles. The lowest BCUT2D eigenvalue weighted by atomic mass is 10.1. The summed E-state index contributed by atoms with van der Waals surface area (Å²) in [4.78, 5) is 0. The molecular formula is C6H8F3N. The van der Waals surface area contributed by atoms with Gasteiger partial charge in [0, 0.05) is 12.5 Å². The first-order valence-electron chi connectivity index (χ1n) is 2.71. The van der Waals surface area contributed by atoms with E-state index in [2.05, 4.69) is 5.92 Å². The Bertz CT molecular complexity index is 133. The zero-order valence-electron chi connectivity index (χ0n) is 5.28. The predicted molar refractivity (Wildman–Crippen MR) is 32.1 cm³/mol. The maximum Gasteiger partial charge on any atom is 0.390 e. The van der Waals surface area contributed by atoms with E-state index in [-0.39, 0.29) is 6.42 Å². The molecule has 0 heterocycles. The van der Waals surface area contributed by atoms with Crippen LogP contribution in [0, 0.1) is 12.3 Å². The van der Waals surface area contributed by atoms with E-state index >= 15 is 0 Å². The summed E-state index contributed by atoms with van der Waals surface area (Å²) in [5.41, 5.74) is 5.01. The van der Waals surface area contributed by atoms with Crippen molar-refractivity contribution in [1.29, 1.82) is 0 Å². The van der Waals surface area contributed by atoms with E-state index in [1.54, 1.807) is 0 Å².